The molecule has 50 valence electrons. The third-order valence-electron chi connectivity index (χ3n) is 0.747. The van der Waals surface area contributed by atoms with Gasteiger partial charge in [0, 0.05) is 6.61 Å². The number of hydrogen-bond acceptors (Lipinski definition) is 1. The second-order valence-corrected chi connectivity index (χ2v) is 1.39. The van der Waals surface area contributed by atoms with Gasteiger partial charge in [-0.3, -0.25) is 0 Å². The smallest absolute Gasteiger partial charge is 0.118 e. The molecule has 0 rings (SSSR count). The third kappa shape index (κ3) is 2.91. The lowest BCUT2D eigenvalue weighted by Gasteiger charge is -2.06. The molecule has 0 aliphatic rings. The average molecular weight is 124 g/mol. The van der Waals surface area contributed by atoms with E-state index in [2.05, 4.69) is 4.74 Å². The van der Waals surface area contributed by atoms with E-state index in [9.17, 15) is 8.78 Å². The summed E-state index contributed by atoms with van der Waals surface area (Å²) in [4.78, 5) is 0. The summed E-state index contributed by atoms with van der Waals surface area (Å²) in [5.74, 6) is 0. The molecule has 0 saturated carbocycles. The lowest BCUT2D eigenvalue weighted by molar-refractivity contribution is 0.0277. The minimum atomic E-state index is -0.833. The Bertz CT molecular complexity index is 45.7. The van der Waals surface area contributed by atoms with E-state index in [4.69, 9.17) is 0 Å². The van der Waals surface area contributed by atoms with Gasteiger partial charge in [0.1, 0.15) is 19.5 Å². The van der Waals surface area contributed by atoms with Gasteiger partial charge in [-0.1, -0.05) is 0 Å². The summed E-state index contributed by atoms with van der Waals surface area (Å²) >= 11 is 0. The van der Waals surface area contributed by atoms with Gasteiger partial charge < -0.3 is 4.74 Å². The molecule has 3 heteroatoms. The molecular formula is C5H10F2O. The van der Waals surface area contributed by atoms with Gasteiger partial charge in [-0.2, -0.15) is 0 Å². The van der Waals surface area contributed by atoms with E-state index in [0.717, 1.165) is 0 Å². The molecule has 0 saturated heterocycles. The summed E-state index contributed by atoms with van der Waals surface area (Å²) in [6, 6.07) is 0. The van der Waals surface area contributed by atoms with Crippen molar-refractivity contribution in [3.63, 3.8) is 0 Å². The van der Waals surface area contributed by atoms with Crippen LogP contribution in [0.5, 0.6) is 0 Å². The van der Waals surface area contributed by atoms with Crippen molar-refractivity contribution in [2.24, 2.45) is 0 Å². The van der Waals surface area contributed by atoms with Crippen molar-refractivity contribution >= 4 is 0 Å². The maximum atomic E-state index is 11.5. The van der Waals surface area contributed by atoms with E-state index in [1.165, 1.54) is 0 Å². The van der Waals surface area contributed by atoms with Crippen LogP contribution in [0.15, 0.2) is 0 Å². The second-order valence-electron chi connectivity index (χ2n) is 1.39. The van der Waals surface area contributed by atoms with Crippen LogP contribution in [-0.2, 0) is 4.74 Å². The van der Waals surface area contributed by atoms with Crippen molar-refractivity contribution in [2.45, 2.75) is 13.0 Å². The van der Waals surface area contributed by atoms with Gasteiger partial charge in [0.15, 0.2) is 0 Å². The zero-order valence-electron chi connectivity index (χ0n) is 4.86. The Labute approximate surface area is 47.6 Å². The van der Waals surface area contributed by atoms with E-state index >= 15 is 0 Å². The monoisotopic (exact) mass is 124 g/mol. The molecule has 0 N–H and O–H groups in total. The summed E-state index contributed by atoms with van der Waals surface area (Å²) in [5, 5.41) is 0. The van der Waals surface area contributed by atoms with Crippen LogP contribution in [0, 0.1) is 0 Å². The van der Waals surface area contributed by atoms with Crippen LogP contribution in [0.4, 0.5) is 8.78 Å². The fraction of sp³-hybridized carbons (Fsp3) is 1.00. The molecular weight excluding hydrogens is 114 g/mol. The van der Waals surface area contributed by atoms with Crippen LogP contribution in [0.25, 0.3) is 0 Å². The maximum Gasteiger partial charge on any atom is 0.118 e. The van der Waals surface area contributed by atoms with Crippen LogP contribution >= 0.6 is 0 Å². The van der Waals surface area contributed by atoms with Crippen LogP contribution in [0.3, 0.4) is 0 Å². The lowest BCUT2D eigenvalue weighted by atomic mass is 10.4. The molecule has 0 aromatic rings. The standard InChI is InChI=1S/C5H10F2O/c1-2-8-5(3-6)4-7/h5H,2-4H2,1H3. The van der Waals surface area contributed by atoms with Crippen molar-refractivity contribution in [1.82, 2.24) is 0 Å². The van der Waals surface area contributed by atoms with Crippen LogP contribution in [0.2, 0.25) is 0 Å². The molecule has 0 heterocycles. The third-order valence-corrected chi connectivity index (χ3v) is 0.747. The molecule has 0 spiro atoms. The quantitative estimate of drug-likeness (QED) is 0.549. The highest BCUT2D eigenvalue weighted by molar-refractivity contribution is 4.50. The molecule has 0 aliphatic carbocycles. The summed E-state index contributed by atoms with van der Waals surface area (Å²) < 4.78 is 27.6. The average Bonchev–Trinajstić information content (AvgIpc) is 1.83. The fourth-order valence-corrected chi connectivity index (χ4v) is 0.366. The maximum absolute atomic E-state index is 11.5. The minimum absolute atomic E-state index is 0.374. The lowest BCUT2D eigenvalue weighted by Crippen LogP contribution is -2.17. The van der Waals surface area contributed by atoms with Gasteiger partial charge in [-0.05, 0) is 6.92 Å². The first-order valence-electron chi connectivity index (χ1n) is 2.58. The molecule has 0 radical (unpaired) electrons. The normalized spacial score (nSPS) is 10.5. The zero-order chi connectivity index (χ0) is 6.41. The molecule has 0 atom stereocenters. The topological polar surface area (TPSA) is 9.23 Å². The van der Waals surface area contributed by atoms with Gasteiger partial charge in [-0.25, -0.2) is 8.78 Å². The van der Waals surface area contributed by atoms with Gasteiger partial charge in [0.05, 0.1) is 0 Å². The number of alkyl halides is 2. The number of hydrogen-bond donors (Lipinski definition) is 0. The first-order chi connectivity index (χ1) is 3.85. The van der Waals surface area contributed by atoms with Gasteiger partial charge in [0.2, 0.25) is 0 Å². The predicted molar refractivity (Wildman–Crippen MR) is 27.4 cm³/mol. The predicted octanol–water partition coefficient (Wildman–Crippen LogP) is 1.33. The van der Waals surface area contributed by atoms with Crippen molar-refractivity contribution < 1.29 is 13.5 Å². The van der Waals surface area contributed by atoms with Crippen LogP contribution in [-0.4, -0.2) is 26.1 Å². The first-order valence-corrected chi connectivity index (χ1v) is 2.58. The summed E-state index contributed by atoms with van der Waals surface area (Å²) in [6.45, 7) is 0.617. The molecule has 0 amide bonds. The Kier molecular flexibility index (Phi) is 4.85. The Hall–Kier alpha value is -0.180. The Morgan fingerprint density at radius 1 is 1.38 bits per heavy atom. The number of rotatable bonds is 4. The SMILES string of the molecule is CCOC(CF)CF. The molecule has 1 nitrogen and oxygen atoms in total. The number of halogens is 2. The second kappa shape index (κ2) is 4.97. The zero-order valence-corrected chi connectivity index (χ0v) is 4.86. The van der Waals surface area contributed by atoms with Crippen molar-refractivity contribution in [3.05, 3.63) is 0 Å². The summed E-state index contributed by atoms with van der Waals surface area (Å²) in [5.41, 5.74) is 0. The van der Waals surface area contributed by atoms with Gasteiger partial charge in [-0.15, -0.1) is 0 Å². The van der Waals surface area contributed by atoms with E-state index in [1.54, 1.807) is 6.92 Å². The number of ether oxygens (including phenoxy) is 1. The molecule has 0 aliphatic heterocycles. The first kappa shape index (κ1) is 7.82. The van der Waals surface area contributed by atoms with Crippen molar-refractivity contribution in [3.8, 4) is 0 Å². The van der Waals surface area contributed by atoms with Gasteiger partial charge in [0.25, 0.3) is 0 Å². The minimum Gasteiger partial charge on any atom is -0.373 e. The Morgan fingerprint density at radius 3 is 2.00 bits per heavy atom. The summed E-state index contributed by atoms with van der Waals surface area (Å²) in [6.07, 6.45) is -0.833. The van der Waals surface area contributed by atoms with E-state index in [-0.39, 0.29) is 0 Å². The van der Waals surface area contributed by atoms with Crippen molar-refractivity contribution in [2.75, 3.05) is 20.0 Å². The molecule has 0 aromatic heterocycles. The van der Waals surface area contributed by atoms with E-state index in [0.29, 0.717) is 6.61 Å². The molecule has 0 fully saturated rings. The summed E-state index contributed by atoms with van der Waals surface area (Å²) in [7, 11) is 0. The Morgan fingerprint density at radius 2 is 1.88 bits per heavy atom. The van der Waals surface area contributed by atoms with E-state index in [1.807, 2.05) is 0 Å². The fourth-order valence-electron chi connectivity index (χ4n) is 0.366. The van der Waals surface area contributed by atoms with Gasteiger partial charge >= 0.3 is 0 Å². The highest BCUT2D eigenvalue weighted by Gasteiger charge is 2.04. The van der Waals surface area contributed by atoms with E-state index < -0.39 is 19.5 Å². The highest BCUT2D eigenvalue weighted by atomic mass is 19.1. The molecule has 0 unspecified atom stereocenters. The molecule has 8 heavy (non-hydrogen) atoms. The van der Waals surface area contributed by atoms with Crippen molar-refractivity contribution in [1.29, 1.82) is 0 Å². The largest absolute Gasteiger partial charge is 0.373 e. The molecule has 0 bridgehead atoms. The van der Waals surface area contributed by atoms with Crippen LogP contribution < -0.4 is 0 Å². The molecule has 0 aromatic carbocycles. The Balaban J connectivity index is 3.07. The highest BCUT2D eigenvalue weighted by Crippen LogP contribution is 1.92. The van der Waals surface area contributed by atoms with Crippen LogP contribution in [0.1, 0.15) is 6.92 Å².